The fourth-order valence-corrected chi connectivity index (χ4v) is 9.50. The second kappa shape index (κ2) is 11.5. The van der Waals surface area contributed by atoms with Gasteiger partial charge in [0.1, 0.15) is 5.82 Å². The maximum absolute atomic E-state index is 7.13. The topological polar surface area (TPSA) is 59.1 Å². The second-order valence-electron chi connectivity index (χ2n) is 10.2. The first-order valence-corrected chi connectivity index (χ1v) is 14.8. The van der Waals surface area contributed by atoms with Crippen LogP contribution >= 0.6 is 11.6 Å². The molecule has 7 heteroatoms. The Hall–Kier alpha value is -3.19. The van der Waals surface area contributed by atoms with Crippen LogP contribution < -0.4 is 21.0 Å². The molecule has 0 saturated heterocycles. The largest absolute Gasteiger partial charge is 0.403 e. The number of nitrogens with one attached hydrogen (secondary N) is 2. The van der Waals surface area contributed by atoms with E-state index in [1.54, 1.807) is 6.20 Å². The van der Waals surface area contributed by atoms with Gasteiger partial charge in [0.05, 0.1) is 6.61 Å². The number of hydrogen-bond donors (Lipinski definition) is 2. The lowest BCUT2D eigenvalue weighted by atomic mass is 10.1. The van der Waals surface area contributed by atoms with E-state index in [0.717, 1.165) is 28.2 Å². The van der Waals surface area contributed by atoms with Crippen molar-refractivity contribution < 1.29 is 4.43 Å². The predicted octanol–water partition coefficient (Wildman–Crippen LogP) is 6.17. The molecule has 0 spiro atoms. The van der Waals surface area contributed by atoms with Crippen LogP contribution in [0.15, 0.2) is 85.1 Å². The first-order chi connectivity index (χ1) is 17.7. The van der Waals surface area contributed by atoms with Crippen molar-refractivity contribution in [3.63, 3.8) is 0 Å². The molecule has 1 heterocycles. The molecule has 4 aromatic rings. The number of hydrogen-bond acceptors (Lipinski definition) is 5. The Labute approximate surface area is 226 Å². The van der Waals surface area contributed by atoms with E-state index < -0.39 is 8.32 Å². The van der Waals surface area contributed by atoms with Crippen molar-refractivity contribution >= 4 is 41.8 Å². The van der Waals surface area contributed by atoms with E-state index in [2.05, 4.69) is 127 Å². The zero-order valence-electron chi connectivity index (χ0n) is 22.2. The van der Waals surface area contributed by atoms with Gasteiger partial charge in [0.25, 0.3) is 8.32 Å². The second-order valence-corrected chi connectivity index (χ2v) is 14.9. The summed E-state index contributed by atoms with van der Waals surface area (Å²) in [5.41, 5.74) is 4.29. The van der Waals surface area contributed by atoms with E-state index in [0.29, 0.717) is 13.2 Å². The van der Waals surface area contributed by atoms with E-state index >= 15 is 0 Å². The number of halogens is 1. The number of aryl methyl sites for hydroxylation is 1. The summed E-state index contributed by atoms with van der Waals surface area (Å²) >= 11 is 5.96. The quantitative estimate of drug-likeness (QED) is 0.200. The van der Waals surface area contributed by atoms with Crippen LogP contribution in [0.25, 0.3) is 0 Å². The summed E-state index contributed by atoms with van der Waals surface area (Å²) in [5.74, 6) is 0.719. The van der Waals surface area contributed by atoms with Crippen LogP contribution in [0, 0.1) is 6.92 Å². The van der Waals surface area contributed by atoms with Gasteiger partial charge in [-0.15, -0.1) is 0 Å². The number of nitrogens with zero attached hydrogens (tertiary/aromatic N) is 2. The highest BCUT2D eigenvalue weighted by atomic mass is 35.5. The van der Waals surface area contributed by atoms with Crippen molar-refractivity contribution in [2.45, 2.75) is 45.9 Å². The normalized spacial score (nSPS) is 11.8. The summed E-state index contributed by atoms with van der Waals surface area (Å²) in [6, 6.07) is 28.0. The molecule has 0 fully saturated rings. The van der Waals surface area contributed by atoms with Gasteiger partial charge in [0.2, 0.25) is 5.28 Å². The predicted molar refractivity (Wildman–Crippen MR) is 158 cm³/mol. The van der Waals surface area contributed by atoms with Crippen molar-refractivity contribution in [1.82, 2.24) is 9.97 Å². The van der Waals surface area contributed by atoms with Crippen LogP contribution in [-0.2, 0) is 17.6 Å². The average molecular weight is 531 g/mol. The Morgan fingerprint density at radius 2 is 1.54 bits per heavy atom. The first-order valence-electron chi connectivity index (χ1n) is 12.5. The summed E-state index contributed by atoms with van der Waals surface area (Å²) < 4.78 is 7.13. The van der Waals surface area contributed by atoms with Crippen molar-refractivity contribution in [2.75, 3.05) is 17.7 Å². The zero-order chi connectivity index (χ0) is 26.5. The number of anilines is 2. The van der Waals surface area contributed by atoms with Gasteiger partial charge in [-0.05, 0) is 51.1 Å². The van der Waals surface area contributed by atoms with Gasteiger partial charge < -0.3 is 15.1 Å². The van der Waals surface area contributed by atoms with Gasteiger partial charge in [-0.25, -0.2) is 9.97 Å². The zero-order valence-corrected chi connectivity index (χ0v) is 23.9. The van der Waals surface area contributed by atoms with Crippen LogP contribution in [0.5, 0.6) is 0 Å². The molecule has 0 atom stereocenters. The SMILES string of the molecule is CNc1nc(Cl)ncc1CNc1cc(CO[Si](c2ccccc2)(c2ccccc2)C(C)(C)C)ccc1C. The summed E-state index contributed by atoms with van der Waals surface area (Å²) in [6.07, 6.45) is 1.75. The van der Waals surface area contributed by atoms with Crippen molar-refractivity contribution in [1.29, 1.82) is 0 Å². The molecule has 0 aliphatic heterocycles. The molecule has 3 aromatic carbocycles. The Bertz CT molecular complexity index is 1290. The maximum atomic E-state index is 7.13. The summed E-state index contributed by atoms with van der Waals surface area (Å²) in [7, 11) is -0.780. The molecule has 4 rings (SSSR count). The molecular formula is C30H35ClN4OSi. The Kier molecular flexibility index (Phi) is 8.32. The van der Waals surface area contributed by atoms with Gasteiger partial charge in [0, 0.05) is 31.0 Å². The molecule has 0 radical (unpaired) electrons. The maximum Gasteiger partial charge on any atom is 0.261 e. The molecule has 0 bridgehead atoms. The smallest absolute Gasteiger partial charge is 0.261 e. The molecule has 0 unspecified atom stereocenters. The van der Waals surface area contributed by atoms with Gasteiger partial charge in [-0.2, -0.15) is 0 Å². The lowest BCUT2D eigenvalue weighted by Crippen LogP contribution is -2.66. The fraction of sp³-hybridized carbons (Fsp3) is 0.267. The van der Waals surface area contributed by atoms with E-state index in [4.69, 9.17) is 16.0 Å². The lowest BCUT2D eigenvalue weighted by molar-refractivity contribution is 0.286. The minimum Gasteiger partial charge on any atom is -0.403 e. The third-order valence-corrected chi connectivity index (χ3v) is 11.9. The summed E-state index contributed by atoms with van der Waals surface area (Å²) in [4.78, 5) is 8.40. The molecule has 2 N–H and O–H groups in total. The standard InChI is InChI=1S/C30H35ClN4OSi/c1-22-16-17-23(18-27(22)33-19-24-20-34-29(31)35-28(24)32-5)21-36-37(30(2,3)4,25-12-8-6-9-13-25)26-14-10-7-11-15-26/h6-18,20,33H,19,21H2,1-5H3,(H,32,34,35). The molecule has 0 aliphatic carbocycles. The van der Waals surface area contributed by atoms with Crippen molar-refractivity contribution in [3.05, 3.63) is 107 Å². The number of aromatic nitrogens is 2. The van der Waals surface area contributed by atoms with E-state index in [1.165, 1.54) is 10.4 Å². The van der Waals surface area contributed by atoms with Crippen molar-refractivity contribution in [3.8, 4) is 0 Å². The summed E-state index contributed by atoms with van der Waals surface area (Å²) in [6.45, 7) is 10.1. The minimum absolute atomic E-state index is 0.0698. The van der Waals surface area contributed by atoms with E-state index in [1.807, 2.05) is 7.05 Å². The number of rotatable bonds is 9. The highest BCUT2D eigenvalue weighted by Gasteiger charge is 2.50. The van der Waals surface area contributed by atoms with Crippen LogP contribution in [0.3, 0.4) is 0 Å². The molecule has 1 aromatic heterocycles. The van der Waals surface area contributed by atoms with E-state index in [9.17, 15) is 0 Å². The number of benzene rings is 3. The Balaban J connectivity index is 1.63. The monoisotopic (exact) mass is 530 g/mol. The van der Waals surface area contributed by atoms with Crippen LogP contribution in [0.2, 0.25) is 10.3 Å². The molecule has 0 amide bonds. The molecule has 37 heavy (non-hydrogen) atoms. The third kappa shape index (κ3) is 5.87. The lowest BCUT2D eigenvalue weighted by Gasteiger charge is -2.43. The van der Waals surface area contributed by atoms with Gasteiger partial charge in [-0.1, -0.05) is 93.6 Å². The molecule has 0 aliphatic rings. The Morgan fingerprint density at radius 3 is 2.11 bits per heavy atom. The molecule has 0 saturated carbocycles. The molecule has 192 valence electrons. The van der Waals surface area contributed by atoms with Gasteiger partial charge in [0.15, 0.2) is 0 Å². The first kappa shape index (κ1) is 26.9. The molecular weight excluding hydrogens is 496 g/mol. The highest BCUT2D eigenvalue weighted by molar-refractivity contribution is 6.99. The molecule has 5 nitrogen and oxygen atoms in total. The van der Waals surface area contributed by atoms with E-state index in [-0.39, 0.29) is 10.3 Å². The Morgan fingerprint density at radius 1 is 0.919 bits per heavy atom. The average Bonchev–Trinajstić information content (AvgIpc) is 2.90. The van der Waals surface area contributed by atoms with Gasteiger partial charge >= 0.3 is 0 Å². The van der Waals surface area contributed by atoms with Crippen LogP contribution in [0.4, 0.5) is 11.5 Å². The van der Waals surface area contributed by atoms with Gasteiger partial charge in [-0.3, -0.25) is 0 Å². The minimum atomic E-state index is -2.61. The van der Waals surface area contributed by atoms with Crippen molar-refractivity contribution in [2.24, 2.45) is 0 Å². The van der Waals surface area contributed by atoms with Crippen LogP contribution in [-0.4, -0.2) is 25.3 Å². The third-order valence-electron chi connectivity index (χ3n) is 6.72. The summed E-state index contributed by atoms with van der Waals surface area (Å²) in [5, 5.41) is 9.35. The fourth-order valence-electron chi connectivity index (χ4n) is 4.82. The van der Waals surface area contributed by atoms with Crippen LogP contribution in [0.1, 0.15) is 37.5 Å². The highest BCUT2D eigenvalue weighted by Crippen LogP contribution is 2.37.